The van der Waals surface area contributed by atoms with E-state index in [-0.39, 0.29) is 23.7 Å². The smallest absolute Gasteiger partial charge is 0.300 e. The Labute approximate surface area is 218 Å². The largest absolute Gasteiger partial charge is 0.426 e. The molecular formula is C26H27ClN6O2S. The van der Waals surface area contributed by atoms with E-state index in [1.54, 1.807) is 6.20 Å². The van der Waals surface area contributed by atoms with E-state index >= 15 is 0 Å². The van der Waals surface area contributed by atoms with E-state index in [1.165, 1.54) is 11.8 Å². The molecule has 2 aromatic carbocycles. The highest BCUT2D eigenvalue weighted by Gasteiger charge is 2.54. The number of hydrogen-bond acceptors (Lipinski definition) is 8. The molecule has 4 heterocycles. The first-order valence-electron chi connectivity index (χ1n) is 12.1. The van der Waals surface area contributed by atoms with Crippen molar-refractivity contribution < 1.29 is 9.47 Å². The molecule has 0 aliphatic carbocycles. The van der Waals surface area contributed by atoms with Crippen molar-refractivity contribution in [2.24, 2.45) is 11.1 Å². The lowest BCUT2D eigenvalue weighted by Gasteiger charge is -2.40. The molecule has 2 saturated heterocycles. The predicted octanol–water partition coefficient (Wildman–Crippen LogP) is 5.11. The van der Waals surface area contributed by atoms with Crippen molar-refractivity contribution in [1.82, 2.24) is 25.3 Å². The van der Waals surface area contributed by atoms with Crippen LogP contribution >= 0.6 is 23.4 Å². The summed E-state index contributed by atoms with van der Waals surface area (Å²) in [6.45, 7) is 3.93. The van der Waals surface area contributed by atoms with Gasteiger partial charge in [0.2, 0.25) is 0 Å². The Morgan fingerprint density at radius 3 is 2.67 bits per heavy atom. The van der Waals surface area contributed by atoms with Crippen LogP contribution in [0.25, 0.3) is 11.0 Å². The number of nitrogens with zero attached hydrogens (tertiary/aromatic N) is 3. The number of nitrogens with two attached hydrogens (primary N) is 1. The molecule has 3 atom stereocenters. The number of piperidine rings is 1. The number of para-hydroxylation sites is 1. The van der Waals surface area contributed by atoms with Crippen LogP contribution < -0.4 is 15.8 Å². The maximum atomic E-state index is 6.74. The molecule has 0 amide bonds. The molecule has 186 valence electrons. The quantitative estimate of drug-likeness (QED) is 0.332. The number of halogens is 1. The standard InChI is InChI=1S/C26H27ClN6O2S/c1-15-23(28)26(9-11-29-12-10-26)24(34-15)18-13-31-20(14-30-18)36-19-8-7-17-22(21(19)27)33-25(32-17)35-16-5-3-2-4-6-16/h2-8,13-15,23-24,29H,9-12,28H2,1H3,(H,32,33). The molecule has 4 aromatic rings. The molecule has 2 aliphatic heterocycles. The van der Waals surface area contributed by atoms with Gasteiger partial charge in [-0.3, -0.25) is 4.98 Å². The molecule has 2 aromatic heterocycles. The number of H-pyrrole nitrogens is 1. The van der Waals surface area contributed by atoms with Crippen LogP contribution in [0.15, 0.2) is 64.8 Å². The summed E-state index contributed by atoms with van der Waals surface area (Å²) in [7, 11) is 0. The molecule has 4 N–H and O–H groups in total. The fourth-order valence-corrected chi connectivity index (χ4v) is 6.37. The van der Waals surface area contributed by atoms with Crippen molar-refractivity contribution in [2.75, 3.05) is 13.1 Å². The van der Waals surface area contributed by atoms with E-state index in [4.69, 9.17) is 31.8 Å². The monoisotopic (exact) mass is 522 g/mol. The van der Waals surface area contributed by atoms with Crippen molar-refractivity contribution in [2.45, 2.75) is 47.9 Å². The van der Waals surface area contributed by atoms with Gasteiger partial charge in [0.05, 0.1) is 40.2 Å². The topological polar surface area (TPSA) is 111 Å². The molecule has 0 bridgehead atoms. The number of aromatic amines is 1. The van der Waals surface area contributed by atoms with E-state index in [0.717, 1.165) is 47.1 Å². The average Bonchev–Trinajstić information content (AvgIpc) is 3.42. The minimum Gasteiger partial charge on any atom is -0.426 e. The summed E-state index contributed by atoms with van der Waals surface area (Å²) < 4.78 is 12.1. The van der Waals surface area contributed by atoms with Gasteiger partial charge in [-0.2, -0.15) is 4.98 Å². The third-order valence-corrected chi connectivity index (χ3v) is 8.69. The zero-order chi connectivity index (χ0) is 24.7. The Bertz CT molecular complexity index is 1360. The van der Waals surface area contributed by atoms with Gasteiger partial charge in [0.15, 0.2) is 0 Å². The molecule has 2 fully saturated rings. The lowest BCUT2D eigenvalue weighted by Crippen LogP contribution is -2.50. The fourth-order valence-electron chi connectivity index (χ4n) is 5.29. The summed E-state index contributed by atoms with van der Waals surface area (Å²) in [6.07, 6.45) is 5.37. The summed E-state index contributed by atoms with van der Waals surface area (Å²) in [4.78, 5) is 18.0. The Hall–Kier alpha value is -2.69. The first kappa shape index (κ1) is 23.7. The summed E-state index contributed by atoms with van der Waals surface area (Å²) in [5.74, 6) is 0.700. The third kappa shape index (κ3) is 4.25. The minimum atomic E-state index is -0.149. The zero-order valence-corrected chi connectivity index (χ0v) is 21.4. The van der Waals surface area contributed by atoms with Gasteiger partial charge < -0.3 is 25.5 Å². The van der Waals surface area contributed by atoms with E-state index in [2.05, 4.69) is 27.2 Å². The van der Waals surface area contributed by atoms with Gasteiger partial charge in [-0.25, -0.2) is 4.98 Å². The molecule has 0 saturated carbocycles. The van der Waals surface area contributed by atoms with Gasteiger partial charge in [0.25, 0.3) is 6.01 Å². The summed E-state index contributed by atoms with van der Waals surface area (Å²) in [5.41, 5.74) is 8.79. The summed E-state index contributed by atoms with van der Waals surface area (Å²) in [5, 5.41) is 4.74. The molecule has 3 unspecified atom stereocenters. The maximum absolute atomic E-state index is 6.74. The van der Waals surface area contributed by atoms with Gasteiger partial charge in [0, 0.05) is 16.4 Å². The van der Waals surface area contributed by atoms with Gasteiger partial charge in [-0.1, -0.05) is 41.6 Å². The van der Waals surface area contributed by atoms with Crippen LogP contribution in [0.2, 0.25) is 5.02 Å². The minimum absolute atomic E-state index is 0.0142. The Morgan fingerprint density at radius 1 is 1.11 bits per heavy atom. The maximum Gasteiger partial charge on any atom is 0.300 e. The van der Waals surface area contributed by atoms with E-state index in [9.17, 15) is 0 Å². The normalized spacial score (nSPS) is 23.4. The third-order valence-electron chi connectivity index (χ3n) is 7.20. The van der Waals surface area contributed by atoms with Crippen LogP contribution in [-0.2, 0) is 4.74 Å². The highest BCUT2D eigenvalue weighted by Crippen LogP contribution is 2.52. The van der Waals surface area contributed by atoms with Gasteiger partial charge in [-0.15, -0.1) is 0 Å². The number of aromatic nitrogens is 4. The molecule has 36 heavy (non-hydrogen) atoms. The van der Waals surface area contributed by atoms with Crippen LogP contribution in [0.4, 0.5) is 0 Å². The highest BCUT2D eigenvalue weighted by atomic mass is 35.5. The van der Waals surface area contributed by atoms with Crippen LogP contribution in [0.3, 0.4) is 0 Å². The lowest BCUT2D eigenvalue weighted by atomic mass is 9.69. The number of hydrogen-bond donors (Lipinski definition) is 3. The molecule has 8 nitrogen and oxygen atoms in total. The number of fused-ring (bicyclic) bond motifs is 1. The molecule has 10 heteroatoms. The van der Waals surface area contributed by atoms with Gasteiger partial charge >= 0.3 is 0 Å². The molecule has 2 aliphatic rings. The van der Waals surface area contributed by atoms with E-state index < -0.39 is 0 Å². The Balaban J connectivity index is 1.22. The average molecular weight is 523 g/mol. The van der Waals surface area contributed by atoms with Crippen molar-refractivity contribution in [1.29, 1.82) is 0 Å². The number of ether oxygens (including phenoxy) is 2. The molecule has 0 radical (unpaired) electrons. The van der Waals surface area contributed by atoms with Gasteiger partial charge in [0.1, 0.15) is 16.9 Å². The second-order valence-electron chi connectivity index (χ2n) is 9.34. The summed E-state index contributed by atoms with van der Waals surface area (Å²) >= 11 is 8.19. The van der Waals surface area contributed by atoms with Crippen molar-refractivity contribution in [3.63, 3.8) is 0 Å². The Morgan fingerprint density at radius 2 is 1.92 bits per heavy atom. The number of imidazole rings is 1. The van der Waals surface area contributed by atoms with Crippen LogP contribution in [0.1, 0.15) is 31.6 Å². The molecule has 1 spiro atoms. The number of nitrogens with one attached hydrogen (secondary N) is 2. The van der Waals surface area contributed by atoms with Crippen LogP contribution in [0, 0.1) is 5.41 Å². The zero-order valence-electron chi connectivity index (χ0n) is 19.8. The van der Waals surface area contributed by atoms with Crippen molar-refractivity contribution >= 4 is 34.4 Å². The summed E-state index contributed by atoms with van der Waals surface area (Å²) in [6, 6.07) is 13.7. The highest BCUT2D eigenvalue weighted by molar-refractivity contribution is 7.99. The van der Waals surface area contributed by atoms with Crippen LogP contribution in [-0.4, -0.2) is 45.2 Å². The van der Waals surface area contributed by atoms with Gasteiger partial charge in [-0.05, 0) is 57.1 Å². The second-order valence-corrected chi connectivity index (χ2v) is 10.8. The first-order chi connectivity index (χ1) is 17.5. The predicted molar refractivity (Wildman–Crippen MR) is 140 cm³/mol. The Kier molecular flexibility index (Phi) is 6.35. The molecular weight excluding hydrogens is 496 g/mol. The second kappa shape index (κ2) is 9.64. The van der Waals surface area contributed by atoms with Crippen molar-refractivity contribution in [3.05, 3.63) is 65.6 Å². The first-order valence-corrected chi connectivity index (χ1v) is 13.3. The lowest BCUT2D eigenvalue weighted by molar-refractivity contribution is 0.00222. The van der Waals surface area contributed by atoms with E-state index in [0.29, 0.717) is 22.3 Å². The van der Waals surface area contributed by atoms with Crippen molar-refractivity contribution in [3.8, 4) is 11.8 Å². The number of benzene rings is 2. The SMILES string of the molecule is CC1OC(c2cnc(Sc3ccc4nc(Oc5ccccc5)[nH]c4c3Cl)cn2)C2(CCNCC2)C1N. The van der Waals surface area contributed by atoms with E-state index in [1.807, 2.05) is 48.7 Å². The number of rotatable bonds is 5. The van der Waals surface area contributed by atoms with Crippen LogP contribution in [0.5, 0.6) is 11.8 Å². The fraction of sp³-hybridized carbons (Fsp3) is 0.346. The molecule has 6 rings (SSSR count).